The molecule has 1 rings (SSSR count). The first-order valence-corrected chi connectivity index (χ1v) is 4.53. The number of carbonyl (C=O) groups is 1. The van der Waals surface area contributed by atoms with E-state index >= 15 is 0 Å². The van der Waals surface area contributed by atoms with Crippen molar-refractivity contribution in [1.82, 2.24) is 4.90 Å². The largest absolute Gasteiger partial charge is 0.481 e. The molecule has 1 aliphatic rings. The summed E-state index contributed by atoms with van der Waals surface area (Å²) in [5.74, 6) is 0.750. The van der Waals surface area contributed by atoms with E-state index in [1.54, 1.807) is 0 Å². The molecule has 0 aliphatic carbocycles. The zero-order valence-electron chi connectivity index (χ0n) is 7.79. The lowest BCUT2D eigenvalue weighted by Crippen LogP contribution is -2.23. The Morgan fingerprint density at radius 1 is 1.42 bits per heavy atom. The Balaban J connectivity index is 2.23. The summed E-state index contributed by atoms with van der Waals surface area (Å²) in [6.45, 7) is 7.30. The Morgan fingerprint density at radius 2 is 1.92 bits per heavy atom. The first kappa shape index (κ1) is 9.52. The molecule has 0 aromatic heterocycles. The van der Waals surface area contributed by atoms with Crippen molar-refractivity contribution in [3.8, 4) is 0 Å². The predicted octanol–water partition coefficient (Wildman–Crippen LogP) is 1.05. The quantitative estimate of drug-likeness (QED) is 0.690. The van der Waals surface area contributed by atoms with E-state index in [0.29, 0.717) is 6.54 Å². The maximum Gasteiger partial charge on any atom is 0.304 e. The van der Waals surface area contributed by atoms with Crippen LogP contribution in [0.1, 0.15) is 20.3 Å². The van der Waals surface area contributed by atoms with Crippen molar-refractivity contribution in [3.63, 3.8) is 0 Å². The number of hydrogen-bond donors (Lipinski definition) is 1. The van der Waals surface area contributed by atoms with Gasteiger partial charge in [0.25, 0.3) is 0 Å². The zero-order valence-corrected chi connectivity index (χ0v) is 7.79. The molecule has 1 saturated heterocycles. The Bertz CT molecular complexity index is 160. The Morgan fingerprint density at radius 3 is 2.33 bits per heavy atom. The molecule has 1 fully saturated rings. The number of carboxylic acid groups (broad SMARTS) is 1. The van der Waals surface area contributed by atoms with Crippen LogP contribution in [0.2, 0.25) is 0 Å². The maximum absolute atomic E-state index is 10.3. The number of aliphatic carboxylic acids is 1. The SMILES string of the molecule is CC1CN(CCC(=O)O)CC1C. The number of hydrogen-bond acceptors (Lipinski definition) is 2. The molecule has 0 spiro atoms. The topological polar surface area (TPSA) is 40.5 Å². The summed E-state index contributed by atoms with van der Waals surface area (Å²) in [4.78, 5) is 12.5. The van der Waals surface area contributed by atoms with Gasteiger partial charge in [-0.05, 0) is 11.8 Å². The maximum atomic E-state index is 10.3. The van der Waals surface area contributed by atoms with Crippen LogP contribution in [0.4, 0.5) is 0 Å². The molecule has 1 N–H and O–H groups in total. The lowest BCUT2D eigenvalue weighted by atomic mass is 10.0. The molecule has 0 saturated carbocycles. The van der Waals surface area contributed by atoms with E-state index in [0.717, 1.165) is 24.9 Å². The second-order valence-electron chi connectivity index (χ2n) is 3.86. The summed E-state index contributed by atoms with van der Waals surface area (Å²) >= 11 is 0. The molecule has 0 bridgehead atoms. The highest BCUT2D eigenvalue weighted by Gasteiger charge is 2.25. The van der Waals surface area contributed by atoms with Crippen LogP contribution in [0.25, 0.3) is 0 Å². The van der Waals surface area contributed by atoms with E-state index in [4.69, 9.17) is 5.11 Å². The molecule has 2 unspecified atom stereocenters. The van der Waals surface area contributed by atoms with Gasteiger partial charge in [0.15, 0.2) is 0 Å². The Labute approximate surface area is 73.4 Å². The third kappa shape index (κ3) is 2.48. The van der Waals surface area contributed by atoms with Crippen LogP contribution in [-0.4, -0.2) is 35.6 Å². The van der Waals surface area contributed by atoms with Gasteiger partial charge in [-0.25, -0.2) is 0 Å². The van der Waals surface area contributed by atoms with E-state index < -0.39 is 5.97 Å². The summed E-state index contributed by atoms with van der Waals surface area (Å²) in [7, 11) is 0. The second-order valence-corrected chi connectivity index (χ2v) is 3.86. The summed E-state index contributed by atoms with van der Waals surface area (Å²) in [5.41, 5.74) is 0. The van der Waals surface area contributed by atoms with Crippen molar-refractivity contribution in [2.75, 3.05) is 19.6 Å². The van der Waals surface area contributed by atoms with Gasteiger partial charge in [0.05, 0.1) is 6.42 Å². The minimum absolute atomic E-state index is 0.277. The molecule has 12 heavy (non-hydrogen) atoms. The number of nitrogens with zero attached hydrogens (tertiary/aromatic N) is 1. The molecule has 1 heterocycles. The molecule has 0 aromatic carbocycles. The van der Waals surface area contributed by atoms with Crippen molar-refractivity contribution >= 4 is 5.97 Å². The third-order valence-electron chi connectivity index (χ3n) is 2.71. The average molecular weight is 171 g/mol. The summed E-state index contributed by atoms with van der Waals surface area (Å²) < 4.78 is 0. The van der Waals surface area contributed by atoms with Gasteiger partial charge >= 0.3 is 5.97 Å². The lowest BCUT2D eigenvalue weighted by molar-refractivity contribution is -0.137. The molecule has 1 aliphatic heterocycles. The first-order chi connectivity index (χ1) is 5.59. The van der Waals surface area contributed by atoms with Gasteiger partial charge in [0, 0.05) is 19.6 Å². The van der Waals surface area contributed by atoms with Crippen LogP contribution in [0.5, 0.6) is 0 Å². The van der Waals surface area contributed by atoms with Crippen LogP contribution < -0.4 is 0 Å². The van der Waals surface area contributed by atoms with E-state index in [1.807, 2.05) is 0 Å². The van der Waals surface area contributed by atoms with Gasteiger partial charge in [-0.15, -0.1) is 0 Å². The number of rotatable bonds is 3. The lowest BCUT2D eigenvalue weighted by Gasteiger charge is -2.12. The third-order valence-corrected chi connectivity index (χ3v) is 2.71. The molecule has 0 radical (unpaired) electrons. The molecule has 3 heteroatoms. The smallest absolute Gasteiger partial charge is 0.304 e. The monoisotopic (exact) mass is 171 g/mol. The molecule has 3 nitrogen and oxygen atoms in total. The summed E-state index contributed by atoms with van der Waals surface area (Å²) in [6.07, 6.45) is 0.277. The van der Waals surface area contributed by atoms with Crippen LogP contribution in [-0.2, 0) is 4.79 Å². The molecule has 2 atom stereocenters. The fourth-order valence-electron chi connectivity index (χ4n) is 1.69. The van der Waals surface area contributed by atoms with E-state index in [9.17, 15) is 4.79 Å². The molecular formula is C9H17NO2. The zero-order chi connectivity index (χ0) is 9.14. The van der Waals surface area contributed by atoms with E-state index in [-0.39, 0.29) is 6.42 Å². The van der Waals surface area contributed by atoms with Gasteiger partial charge in [-0.1, -0.05) is 13.8 Å². The van der Waals surface area contributed by atoms with E-state index in [2.05, 4.69) is 18.7 Å². The van der Waals surface area contributed by atoms with E-state index in [1.165, 1.54) is 0 Å². The first-order valence-electron chi connectivity index (χ1n) is 4.53. The van der Waals surface area contributed by atoms with Crippen molar-refractivity contribution < 1.29 is 9.90 Å². The van der Waals surface area contributed by atoms with Crippen molar-refractivity contribution in [1.29, 1.82) is 0 Å². The Hall–Kier alpha value is -0.570. The number of carboxylic acids is 1. The summed E-state index contributed by atoms with van der Waals surface area (Å²) in [6, 6.07) is 0. The molecule has 0 amide bonds. The van der Waals surface area contributed by atoms with Gasteiger partial charge < -0.3 is 10.0 Å². The highest BCUT2D eigenvalue weighted by Crippen LogP contribution is 2.21. The van der Waals surface area contributed by atoms with Crippen LogP contribution >= 0.6 is 0 Å². The highest BCUT2D eigenvalue weighted by molar-refractivity contribution is 5.66. The van der Waals surface area contributed by atoms with Crippen LogP contribution in [0.15, 0.2) is 0 Å². The van der Waals surface area contributed by atoms with Crippen molar-refractivity contribution in [2.45, 2.75) is 20.3 Å². The average Bonchev–Trinajstić information content (AvgIpc) is 2.28. The van der Waals surface area contributed by atoms with Gasteiger partial charge in [0.2, 0.25) is 0 Å². The molecule has 0 aromatic rings. The normalized spacial score (nSPS) is 30.8. The van der Waals surface area contributed by atoms with Crippen LogP contribution in [0, 0.1) is 11.8 Å². The van der Waals surface area contributed by atoms with Gasteiger partial charge in [0.1, 0.15) is 0 Å². The minimum atomic E-state index is -0.692. The van der Waals surface area contributed by atoms with Crippen LogP contribution in [0.3, 0.4) is 0 Å². The van der Waals surface area contributed by atoms with Gasteiger partial charge in [-0.2, -0.15) is 0 Å². The highest BCUT2D eigenvalue weighted by atomic mass is 16.4. The fraction of sp³-hybridized carbons (Fsp3) is 0.889. The van der Waals surface area contributed by atoms with Crippen molar-refractivity contribution in [2.24, 2.45) is 11.8 Å². The molecule has 70 valence electrons. The van der Waals surface area contributed by atoms with Crippen molar-refractivity contribution in [3.05, 3.63) is 0 Å². The number of likely N-dealkylation sites (tertiary alicyclic amines) is 1. The second kappa shape index (κ2) is 3.90. The molecular weight excluding hydrogens is 154 g/mol. The Kier molecular flexibility index (Phi) is 3.09. The fourth-order valence-corrected chi connectivity index (χ4v) is 1.69. The minimum Gasteiger partial charge on any atom is -0.481 e. The summed E-state index contributed by atoms with van der Waals surface area (Å²) in [5, 5.41) is 8.48. The van der Waals surface area contributed by atoms with Gasteiger partial charge in [-0.3, -0.25) is 4.79 Å². The standard InChI is InChI=1S/C9H17NO2/c1-7-5-10(6-8(7)2)4-3-9(11)12/h7-8H,3-6H2,1-2H3,(H,11,12). The predicted molar refractivity (Wildman–Crippen MR) is 47.0 cm³/mol.